The molecule has 0 bridgehead atoms. The van der Waals surface area contributed by atoms with Crippen LogP contribution in [-0.2, 0) is 0 Å². The molecule has 0 atom stereocenters. The van der Waals surface area contributed by atoms with E-state index in [0.29, 0.717) is 5.69 Å². The fraction of sp³-hybridized carbons (Fsp3) is 0. The fourth-order valence-corrected chi connectivity index (χ4v) is 1.30. The molecule has 0 saturated carbocycles. The minimum atomic E-state index is -0.682. The van der Waals surface area contributed by atoms with Crippen LogP contribution >= 0.6 is 0 Å². The van der Waals surface area contributed by atoms with Crippen LogP contribution in [-0.4, -0.2) is 26.1 Å². The normalized spacial score (nSPS) is 10.0. The third-order valence-electron chi connectivity index (χ3n) is 2.10. The van der Waals surface area contributed by atoms with Gasteiger partial charge in [0.2, 0.25) is 0 Å². The number of aromatic nitrogens is 2. The molecule has 0 aliphatic carbocycles. The van der Waals surface area contributed by atoms with Crippen LogP contribution in [0, 0.1) is 10.1 Å². The molecular weight excluding hydrogens is 240 g/mol. The van der Waals surface area contributed by atoms with E-state index in [2.05, 4.69) is 15.5 Å². The number of anilines is 1. The van der Waals surface area contributed by atoms with E-state index in [1.807, 2.05) is 0 Å². The smallest absolute Gasteiger partial charge is 0.343 e. The van der Waals surface area contributed by atoms with Crippen molar-refractivity contribution in [2.75, 3.05) is 5.32 Å². The van der Waals surface area contributed by atoms with Gasteiger partial charge in [0, 0.05) is 11.8 Å². The number of benzene rings is 1. The molecule has 0 aliphatic rings. The van der Waals surface area contributed by atoms with Crippen molar-refractivity contribution in [2.24, 2.45) is 0 Å². The van der Waals surface area contributed by atoms with Crippen LogP contribution in [0.4, 0.5) is 11.5 Å². The number of hydrogen-bond acceptors (Lipinski definition) is 5. The number of amides is 1. The summed E-state index contributed by atoms with van der Waals surface area (Å²) in [6.07, 6.45) is 0. The molecule has 0 fully saturated rings. The Kier molecular flexibility index (Phi) is 2.92. The molecule has 1 aromatic heterocycles. The van der Waals surface area contributed by atoms with E-state index in [1.54, 1.807) is 12.1 Å². The molecule has 1 heterocycles. The van der Waals surface area contributed by atoms with Gasteiger partial charge in [-0.3, -0.25) is 4.79 Å². The molecule has 0 aliphatic heterocycles. The Hall–Kier alpha value is -2.90. The van der Waals surface area contributed by atoms with E-state index in [4.69, 9.17) is 0 Å². The predicted octanol–water partition coefficient (Wildman–Crippen LogP) is 1.28. The maximum absolute atomic E-state index is 11.7. The summed E-state index contributed by atoms with van der Waals surface area (Å²) in [5.41, 5.74) is 0.260. The number of rotatable bonds is 3. The minimum Gasteiger partial charge on any atom is -0.508 e. The van der Waals surface area contributed by atoms with E-state index in [9.17, 15) is 20.0 Å². The molecule has 8 nitrogen and oxygen atoms in total. The maximum atomic E-state index is 11.7. The lowest BCUT2D eigenvalue weighted by Crippen LogP contribution is -2.12. The second kappa shape index (κ2) is 4.53. The first-order valence-electron chi connectivity index (χ1n) is 4.86. The number of phenols is 1. The Morgan fingerprint density at radius 3 is 2.83 bits per heavy atom. The first-order chi connectivity index (χ1) is 8.56. The zero-order chi connectivity index (χ0) is 13.1. The highest BCUT2D eigenvalue weighted by molar-refractivity contribution is 6.03. The molecule has 3 N–H and O–H groups in total. The lowest BCUT2D eigenvalue weighted by Gasteiger charge is -2.02. The zero-order valence-electron chi connectivity index (χ0n) is 8.95. The van der Waals surface area contributed by atoms with Gasteiger partial charge in [-0.2, -0.15) is 0 Å². The Morgan fingerprint density at radius 2 is 2.22 bits per heavy atom. The van der Waals surface area contributed by atoms with Gasteiger partial charge in [-0.05, 0) is 17.1 Å². The summed E-state index contributed by atoms with van der Waals surface area (Å²) in [4.78, 5) is 21.4. The van der Waals surface area contributed by atoms with Gasteiger partial charge in [-0.25, -0.2) is 0 Å². The van der Waals surface area contributed by atoms with Gasteiger partial charge < -0.3 is 20.5 Å². The van der Waals surface area contributed by atoms with E-state index in [0.717, 1.165) is 6.07 Å². The van der Waals surface area contributed by atoms with E-state index in [-0.39, 0.29) is 17.3 Å². The van der Waals surface area contributed by atoms with Crippen molar-refractivity contribution in [3.8, 4) is 5.75 Å². The number of nitrogens with zero attached hydrogens (tertiary/aromatic N) is 2. The average Bonchev–Trinajstić information content (AvgIpc) is 2.78. The number of phenolic OH excluding ortho intramolecular Hbond substituents is 1. The second-order valence-electron chi connectivity index (χ2n) is 3.40. The van der Waals surface area contributed by atoms with Crippen molar-refractivity contribution >= 4 is 17.4 Å². The number of carbonyl (C=O) groups is 1. The van der Waals surface area contributed by atoms with Crippen molar-refractivity contribution in [3.05, 3.63) is 46.1 Å². The lowest BCUT2D eigenvalue weighted by atomic mass is 10.3. The summed E-state index contributed by atoms with van der Waals surface area (Å²) in [6, 6.07) is 6.95. The first-order valence-corrected chi connectivity index (χ1v) is 4.86. The standard InChI is InChI=1S/C10H8N4O4/c15-7-3-1-2-6(4-7)11-10(16)8-5-9(13-12-8)14(17)18/h1-5,15H,(H,11,16)(H,12,13). The third kappa shape index (κ3) is 2.43. The molecular formula is C10H8N4O4. The number of nitrogens with one attached hydrogen (secondary N) is 2. The number of aromatic hydroxyl groups is 1. The van der Waals surface area contributed by atoms with Crippen molar-refractivity contribution in [1.82, 2.24) is 10.2 Å². The summed E-state index contributed by atoms with van der Waals surface area (Å²) in [5.74, 6) is -0.971. The largest absolute Gasteiger partial charge is 0.508 e. The molecule has 0 radical (unpaired) electrons. The first kappa shape index (κ1) is 11.6. The SMILES string of the molecule is O=C(Nc1cccc(O)c1)c1cc([N+](=O)[O-])[nH]n1. The average molecular weight is 248 g/mol. The molecule has 18 heavy (non-hydrogen) atoms. The number of carbonyl (C=O) groups excluding carboxylic acids is 1. The lowest BCUT2D eigenvalue weighted by molar-refractivity contribution is -0.389. The monoisotopic (exact) mass is 248 g/mol. The van der Waals surface area contributed by atoms with Crippen molar-refractivity contribution < 1.29 is 14.8 Å². The molecule has 1 amide bonds. The molecule has 0 saturated heterocycles. The van der Waals surface area contributed by atoms with Gasteiger partial charge in [-0.1, -0.05) is 11.2 Å². The molecule has 0 spiro atoms. The second-order valence-corrected chi connectivity index (χ2v) is 3.40. The van der Waals surface area contributed by atoms with Crippen LogP contribution in [0.3, 0.4) is 0 Å². The van der Waals surface area contributed by atoms with Crippen LogP contribution in [0.25, 0.3) is 0 Å². The van der Waals surface area contributed by atoms with Crippen molar-refractivity contribution in [3.63, 3.8) is 0 Å². The Morgan fingerprint density at radius 1 is 1.44 bits per heavy atom. The van der Waals surface area contributed by atoms with Gasteiger partial charge in [0.25, 0.3) is 5.91 Å². The topological polar surface area (TPSA) is 121 Å². The summed E-state index contributed by atoms with van der Waals surface area (Å²) in [5, 5.41) is 27.7. The number of aromatic amines is 1. The van der Waals surface area contributed by atoms with Crippen LogP contribution in [0.1, 0.15) is 10.5 Å². The highest BCUT2D eigenvalue weighted by Crippen LogP contribution is 2.16. The van der Waals surface area contributed by atoms with Gasteiger partial charge in [0.1, 0.15) is 5.75 Å². The van der Waals surface area contributed by atoms with Crippen LogP contribution in [0.5, 0.6) is 5.75 Å². The van der Waals surface area contributed by atoms with Gasteiger partial charge in [-0.15, -0.1) is 5.10 Å². The number of H-pyrrole nitrogens is 1. The van der Waals surface area contributed by atoms with E-state index in [1.165, 1.54) is 12.1 Å². The Labute approximate surface area is 100 Å². The molecule has 2 rings (SSSR count). The molecule has 92 valence electrons. The third-order valence-corrected chi connectivity index (χ3v) is 2.10. The summed E-state index contributed by atoms with van der Waals surface area (Å²) >= 11 is 0. The van der Waals surface area contributed by atoms with Crippen LogP contribution in [0.15, 0.2) is 30.3 Å². The number of nitro groups is 1. The molecule has 8 heteroatoms. The molecule has 2 aromatic rings. The van der Waals surface area contributed by atoms with Crippen LogP contribution < -0.4 is 5.32 Å². The summed E-state index contributed by atoms with van der Waals surface area (Å²) in [7, 11) is 0. The van der Waals surface area contributed by atoms with Gasteiger partial charge in [0.05, 0.1) is 6.07 Å². The fourth-order valence-electron chi connectivity index (χ4n) is 1.30. The van der Waals surface area contributed by atoms with Gasteiger partial charge >= 0.3 is 5.82 Å². The maximum Gasteiger partial charge on any atom is 0.343 e. The van der Waals surface area contributed by atoms with Crippen LogP contribution in [0.2, 0.25) is 0 Å². The zero-order valence-corrected chi connectivity index (χ0v) is 8.95. The molecule has 1 aromatic carbocycles. The van der Waals surface area contributed by atoms with Gasteiger partial charge in [0.15, 0.2) is 5.69 Å². The highest BCUT2D eigenvalue weighted by Gasteiger charge is 2.16. The molecule has 0 unspecified atom stereocenters. The van der Waals surface area contributed by atoms with E-state index >= 15 is 0 Å². The number of hydrogen-bond donors (Lipinski definition) is 3. The summed E-state index contributed by atoms with van der Waals surface area (Å²) < 4.78 is 0. The Bertz CT molecular complexity index is 607. The minimum absolute atomic E-state index is 0.000748. The van der Waals surface area contributed by atoms with Crippen molar-refractivity contribution in [1.29, 1.82) is 0 Å². The van der Waals surface area contributed by atoms with E-state index < -0.39 is 10.8 Å². The highest BCUT2D eigenvalue weighted by atomic mass is 16.6. The quantitative estimate of drug-likeness (QED) is 0.557. The van der Waals surface area contributed by atoms with Crippen molar-refractivity contribution in [2.45, 2.75) is 0 Å². The Balaban J connectivity index is 2.14. The predicted molar refractivity (Wildman–Crippen MR) is 61.3 cm³/mol. The summed E-state index contributed by atoms with van der Waals surface area (Å²) in [6.45, 7) is 0.